The van der Waals surface area contributed by atoms with Crippen molar-refractivity contribution in [2.75, 3.05) is 17.2 Å². The van der Waals surface area contributed by atoms with Crippen molar-refractivity contribution >= 4 is 17.1 Å². The minimum absolute atomic E-state index is 0.153. The number of phenols is 1. The Bertz CT molecular complexity index is 1050. The third-order valence-corrected chi connectivity index (χ3v) is 4.60. The molecule has 0 saturated carbocycles. The molecule has 3 N–H and O–H groups in total. The van der Waals surface area contributed by atoms with Gasteiger partial charge >= 0.3 is 0 Å². The number of ether oxygens (including phenoxy) is 1. The molecular formula is C20H18N2O4. The van der Waals surface area contributed by atoms with E-state index in [9.17, 15) is 14.7 Å². The molecule has 26 heavy (non-hydrogen) atoms. The number of hydrogen-bond donors (Lipinski definition) is 3. The fourth-order valence-corrected chi connectivity index (χ4v) is 3.15. The van der Waals surface area contributed by atoms with Crippen LogP contribution in [0.3, 0.4) is 0 Å². The molecule has 3 aromatic carbocycles. The molecule has 1 atom stereocenters. The summed E-state index contributed by atoms with van der Waals surface area (Å²) >= 11 is 0. The SMILES string of the molecule is C[C@@H](Nc1c(Nc2ccc3c(c2)CCO3)c(=O)c1=O)c1cccc(O)c1. The Balaban J connectivity index is 1.56. The molecule has 0 aliphatic carbocycles. The van der Waals surface area contributed by atoms with Gasteiger partial charge in [-0.3, -0.25) is 9.59 Å². The van der Waals surface area contributed by atoms with E-state index in [0.717, 1.165) is 29.0 Å². The standard InChI is InChI=1S/C20H18N2O4/c1-11(12-3-2-4-15(23)10-12)21-17-18(20(25)19(17)24)22-14-5-6-16-13(9-14)7-8-26-16/h2-6,9-11,21-23H,7-8H2,1H3/t11-/m1/s1. The van der Waals surface area contributed by atoms with Crippen molar-refractivity contribution in [3.8, 4) is 11.5 Å². The molecule has 0 aromatic heterocycles. The van der Waals surface area contributed by atoms with Crippen molar-refractivity contribution < 1.29 is 9.84 Å². The van der Waals surface area contributed by atoms with Crippen molar-refractivity contribution in [1.82, 2.24) is 0 Å². The highest BCUT2D eigenvalue weighted by Crippen LogP contribution is 2.31. The maximum atomic E-state index is 12.0. The van der Waals surface area contributed by atoms with Crippen LogP contribution in [-0.2, 0) is 6.42 Å². The number of aromatic hydroxyl groups is 1. The van der Waals surface area contributed by atoms with Crippen LogP contribution in [0.15, 0.2) is 52.1 Å². The third kappa shape index (κ3) is 2.79. The molecule has 4 rings (SSSR count). The number of nitrogens with one attached hydrogen (secondary N) is 2. The minimum Gasteiger partial charge on any atom is -0.508 e. The second kappa shape index (κ2) is 6.22. The smallest absolute Gasteiger partial charge is 0.253 e. The average molecular weight is 350 g/mol. The maximum absolute atomic E-state index is 12.0. The first-order valence-corrected chi connectivity index (χ1v) is 8.44. The summed E-state index contributed by atoms with van der Waals surface area (Å²) < 4.78 is 5.48. The summed E-state index contributed by atoms with van der Waals surface area (Å²) in [4.78, 5) is 24.0. The first-order chi connectivity index (χ1) is 12.5. The molecule has 0 radical (unpaired) electrons. The summed E-state index contributed by atoms with van der Waals surface area (Å²) in [5.41, 5.74) is 2.10. The van der Waals surface area contributed by atoms with Crippen molar-refractivity contribution in [2.24, 2.45) is 0 Å². The fourth-order valence-electron chi connectivity index (χ4n) is 3.15. The Morgan fingerprint density at radius 2 is 1.88 bits per heavy atom. The van der Waals surface area contributed by atoms with Crippen LogP contribution in [0, 0.1) is 0 Å². The van der Waals surface area contributed by atoms with Crippen LogP contribution in [0.1, 0.15) is 24.1 Å². The highest BCUT2D eigenvalue weighted by Gasteiger charge is 2.23. The lowest BCUT2D eigenvalue weighted by Crippen LogP contribution is -2.37. The number of rotatable bonds is 5. The van der Waals surface area contributed by atoms with Crippen molar-refractivity contribution in [3.63, 3.8) is 0 Å². The van der Waals surface area contributed by atoms with E-state index < -0.39 is 10.9 Å². The molecule has 0 saturated heterocycles. The summed E-state index contributed by atoms with van der Waals surface area (Å²) in [5.74, 6) is 1.01. The van der Waals surface area contributed by atoms with Gasteiger partial charge in [0.15, 0.2) is 0 Å². The second-order valence-electron chi connectivity index (χ2n) is 6.42. The monoisotopic (exact) mass is 350 g/mol. The van der Waals surface area contributed by atoms with E-state index in [2.05, 4.69) is 10.6 Å². The van der Waals surface area contributed by atoms with Crippen molar-refractivity contribution in [3.05, 3.63) is 74.0 Å². The lowest BCUT2D eigenvalue weighted by atomic mass is 10.1. The molecule has 6 heteroatoms. The van der Waals surface area contributed by atoms with Gasteiger partial charge < -0.3 is 20.5 Å². The Hall–Kier alpha value is -3.28. The summed E-state index contributed by atoms with van der Waals surface area (Å²) in [6, 6.07) is 12.2. The van der Waals surface area contributed by atoms with E-state index >= 15 is 0 Å². The Labute approximate surface area is 149 Å². The first-order valence-electron chi connectivity index (χ1n) is 8.44. The zero-order valence-electron chi connectivity index (χ0n) is 14.2. The van der Waals surface area contributed by atoms with Crippen LogP contribution < -0.4 is 26.2 Å². The number of phenolic OH excluding ortho intramolecular Hbond substituents is 1. The summed E-state index contributed by atoms with van der Waals surface area (Å²) in [6.45, 7) is 2.52. The molecule has 0 unspecified atom stereocenters. The largest absolute Gasteiger partial charge is 0.508 e. The van der Waals surface area contributed by atoms with E-state index in [1.807, 2.05) is 31.2 Å². The Morgan fingerprint density at radius 3 is 2.69 bits per heavy atom. The Morgan fingerprint density at radius 1 is 1.08 bits per heavy atom. The van der Waals surface area contributed by atoms with Crippen molar-refractivity contribution in [2.45, 2.75) is 19.4 Å². The molecule has 0 spiro atoms. The van der Waals surface area contributed by atoms with Gasteiger partial charge in [-0.2, -0.15) is 0 Å². The van der Waals surface area contributed by atoms with Crippen LogP contribution >= 0.6 is 0 Å². The highest BCUT2D eigenvalue weighted by atomic mass is 16.5. The number of anilines is 3. The normalized spacial score (nSPS) is 13.9. The van der Waals surface area contributed by atoms with Crippen LogP contribution in [0.2, 0.25) is 0 Å². The van der Waals surface area contributed by atoms with Gasteiger partial charge in [-0.15, -0.1) is 0 Å². The molecular weight excluding hydrogens is 332 g/mol. The van der Waals surface area contributed by atoms with Crippen LogP contribution in [-0.4, -0.2) is 11.7 Å². The van der Waals surface area contributed by atoms with Crippen LogP contribution in [0.5, 0.6) is 11.5 Å². The van der Waals surface area contributed by atoms with E-state index in [4.69, 9.17) is 4.74 Å². The summed E-state index contributed by atoms with van der Waals surface area (Å²) in [5, 5.41) is 15.7. The van der Waals surface area contributed by atoms with E-state index in [-0.39, 0.29) is 23.2 Å². The van der Waals surface area contributed by atoms with Gasteiger partial charge in [-0.25, -0.2) is 0 Å². The minimum atomic E-state index is -0.538. The van der Waals surface area contributed by atoms with E-state index in [1.165, 1.54) is 0 Å². The van der Waals surface area contributed by atoms with Crippen LogP contribution in [0.4, 0.5) is 17.1 Å². The third-order valence-electron chi connectivity index (χ3n) is 4.60. The van der Waals surface area contributed by atoms with Gasteiger partial charge in [-0.1, -0.05) is 12.1 Å². The molecule has 1 heterocycles. The first kappa shape index (κ1) is 16.2. The lowest BCUT2D eigenvalue weighted by molar-refractivity contribution is 0.357. The second-order valence-corrected chi connectivity index (χ2v) is 6.42. The zero-order chi connectivity index (χ0) is 18.3. The summed E-state index contributed by atoms with van der Waals surface area (Å²) in [7, 11) is 0. The van der Waals surface area contributed by atoms with Gasteiger partial charge in [0.1, 0.15) is 22.9 Å². The lowest BCUT2D eigenvalue weighted by Gasteiger charge is -2.20. The maximum Gasteiger partial charge on any atom is 0.253 e. The molecule has 0 bridgehead atoms. The zero-order valence-corrected chi connectivity index (χ0v) is 14.2. The topological polar surface area (TPSA) is 87.7 Å². The fraction of sp³-hybridized carbons (Fsp3) is 0.200. The molecule has 3 aromatic rings. The molecule has 0 fully saturated rings. The molecule has 0 amide bonds. The van der Waals surface area contributed by atoms with E-state index in [1.54, 1.807) is 18.2 Å². The summed E-state index contributed by atoms with van der Waals surface area (Å²) in [6.07, 6.45) is 0.830. The molecule has 132 valence electrons. The van der Waals surface area contributed by atoms with Gasteiger partial charge in [0, 0.05) is 18.2 Å². The van der Waals surface area contributed by atoms with E-state index in [0.29, 0.717) is 6.61 Å². The molecule has 6 nitrogen and oxygen atoms in total. The molecule has 1 aliphatic rings. The number of fused-ring (bicyclic) bond motifs is 1. The average Bonchev–Trinajstić information content (AvgIpc) is 3.11. The van der Waals surface area contributed by atoms with Gasteiger partial charge in [0.2, 0.25) is 0 Å². The molecule has 1 aliphatic heterocycles. The predicted molar refractivity (Wildman–Crippen MR) is 100 cm³/mol. The Kier molecular flexibility index (Phi) is 3.88. The van der Waals surface area contributed by atoms with Gasteiger partial charge in [-0.05, 0) is 48.4 Å². The van der Waals surface area contributed by atoms with Gasteiger partial charge in [0.25, 0.3) is 10.9 Å². The van der Waals surface area contributed by atoms with Crippen molar-refractivity contribution in [1.29, 1.82) is 0 Å². The highest BCUT2D eigenvalue weighted by molar-refractivity contribution is 5.79. The quantitative estimate of drug-likeness (QED) is 0.613. The predicted octanol–water partition coefficient (Wildman–Crippen LogP) is 2.84. The number of benzene rings is 2. The van der Waals surface area contributed by atoms with Gasteiger partial charge in [0.05, 0.1) is 6.61 Å². The van der Waals surface area contributed by atoms with Crippen LogP contribution in [0.25, 0.3) is 0 Å². The number of hydrogen-bond acceptors (Lipinski definition) is 6.